The molecular formula is C15H19N3O2. The number of rotatable bonds is 2. The van der Waals surface area contributed by atoms with Crippen LogP contribution >= 0.6 is 0 Å². The normalized spacial score (nSPS) is 25.1. The zero-order chi connectivity index (χ0) is 13.9. The van der Waals surface area contributed by atoms with Crippen molar-refractivity contribution in [2.24, 2.45) is 0 Å². The average molecular weight is 273 g/mol. The fourth-order valence-electron chi connectivity index (χ4n) is 3.27. The number of ether oxygens (including phenoxy) is 1. The molecule has 0 aromatic carbocycles. The van der Waals surface area contributed by atoms with Gasteiger partial charge in [-0.2, -0.15) is 0 Å². The molecular weight excluding hydrogens is 254 g/mol. The fraction of sp³-hybridized carbons (Fsp3) is 0.533. The van der Waals surface area contributed by atoms with Gasteiger partial charge in [0.25, 0.3) is 0 Å². The molecule has 1 saturated heterocycles. The van der Waals surface area contributed by atoms with Crippen molar-refractivity contribution in [2.75, 3.05) is 6.61 Å². The Hall–Kier alpha value is -1.91. The molecule has 3 rings (SSSR count). The Labute approximate surface area is 118 Å². The lowest BCUT2D eigenvalue weighted by Crippen LogP contribution is -2.41. The van der Waals surface area contributed by atoms with E-state index in [9.17, 15) is 4.79 Å². The highest BCUT2D eigenvalue weighted by atomic mass is 16.6. The summed E-state index contributed by atoms with van der Waals surface area (Å²) in [5.41, 5.74) is 2.17. The highest BCUT2D eigenvalue weighted by Crippen LogP contribution is 2.38. The second kappa shape index (κ2) is 5.61. The quantitative estimate of drug-likeness (QED) is 0.831. The number of allylic oxidation sites excluding steroid dienone is 1. The van der Waals surface area contributed by atoms with Crippen LogP contribution in [-0.4, -0.2) is 39.7 Å². The minimum Gasteiger partial charge on any atom is -0.450 e. The first kappa shape index (κ1) is 13.1. The van der Waals surface area contributed by atoms with Crippen LogP contribution in [0, 0.1) is 0 Å². The molecule has 5 heteroatoms. The highest BCUT2D eigenvalue weighted by molar-refractivity contribution is 5.77. The van der Waals surface area contributed by atoms with Crippen LogP contribution in [-0.2, 0) is 4.74 Å². The maximum atomic E-state index is 12.2. The van der Waals surface area contributed by atoms with Crippen molar-refractivity contribution >= 4 is 11.7 Å². The smallest absolute Gasteiger partial charge is 0.410 e. The lowest BCUT2D eigenvalue weighted by Gasteiger charge is -2.29. The Balaban J connectivity index is 1.92. The van der Waals surface area contributed by atoms with Gasteiger partial charge in [-0.05, 0) is 38.2 Å². The van der Waals surface area contributed by atoms with Crippen molar-refractivity contribution < 1.29 is 9.53 Å². The zero-order valence-electron chi connectivity index (χ0n) is 11.7. The Kier molecular flexibility index (Phi) is 3.67. The van der Waals surface area contributed by atoms with Crippen LogP contribution in [0.1, 0.15) is 38.2 Å². The molecule has 0 unspecified atom stereocenters. The van der Waals surface area contributed by atoms with E-state index in [1.807, 2.05) is 24.2 Å². The summed E-state index contributed by atoms with van der Waals surface area (Å²) in [4.78, 5) is 22.3. The molecule has 1 amide bonds. The Morgan fingerprint density at radius 2 is 2.15 bits per heavy atom. The standard InChI is InChI=1S/C15H19N3O2/c1-2-20-15(19)18-12-4-3-5-13(14(18)7-6-12)11-8-16-10-17-9-11/h5,8-10,12,14H,2-4,6-7H2,1H3/t12-,14-/m1/s1. The molecule has 2 bridgehead atoms. The maximum absolute atomic E-state index is 12.2. The molecule has 5 nitrogen and oxygen atoms in total. The molecule has 2 atom stereocenters. The fourth-order valence-corrected chi connectivity index (χ4v) is 3.27. The molecule has 1 fully saturated rings. The lowest BCUT2D eigenvalue weighted by molar-refractivity contribution is 0.0951. The molecule has 0 N–H and O–H groups in total. The monoisotopic (exact) mass is 273 g/mol. The molecule has 2 aliphatic rings. The molecule has 20 heavy (non-hydrogen) atoms. The molecule has 0 aliphatic carbocycles. The van der Waals surface area contributed by atoms with Crippen LogP contribution in [0.2, 0.25) is 0 Å². The topological polar surface area (TPSA) is 55.3 Å². The minimum absolute atomic E-state index is 0.104. The van der Waals surface area contributed by atoms with E-state index >= 15 is 0 Å². The Morgan fingerprint density at radius 3 is 2.90 bits per heavy atom. The Morgan fingerprint density at radius 1 is 1.35 bits per heavy atom. The molecule has 0 spiro atoms. The van der Waals surface area contributed by atoms with Crippen LogP contribution in [0.25, 0.3) is 5.57 Å². The zero-order valence-corrected chi connectivity index (χ0v) is 11.7. The van der Waals surface area contributed by atoms with E-state index in [-0.39, 0.29) is 12.1 Å². The number of aromatic nitrogens is 2. The highest BCUT2D eigenvalue weighted by Gasteiger charge is 2.41. The average Bonchev–Trinajstić information content (AvgIpc) is 2.77. The molecule has 0 radical (unpaired) electrons. The second-order valence-corrected chi connectivity index (χ2v) is 5.22. The summed E-state index contributed by atoms with van der Waals surface area (Å²) >= 11 is 0. The van der Waals surface area contributed by atoms with Crippen molar-refractivity contribution in [2.45, 2.75) is 44.7 Å². The minimum atomic E-state index is -0.190. The van der Waals surface area contributed by atoms with E-state index in [0.29, 0.717) is 12.6 Å². The first-order chi connectivity index (χ1) is 9.81. The Bertz CT molecular complexity index is 515. The van der Waals surface area contributed by atoms with Gasteiger partial charge in [-0.15, -0.1) is 0 Å². The van der Waals surface area contributed by atoms with E-state index in [0.717, 1.165) is 31.2 Å². The second-order valence-electron chi connectivity index (χ2n) is 5.22. The van der Waals surface area contributed by atoms with E-state index in [1.54, 1.807) is 0 Å². The third kappa shape index (κ3) is 2.28. The van der Waals surface area contributed by atoms with E-state index in [2.05, 4.69) is 16.0 Å². The van der Waals surface area contributed by atoms with Gasteiger partial charge in [0.1, 0.15) is 6.33 Å². The largest absolute Gasteiger partial charge is 0.450 e. The third-order valence-electron chi connectivity index (χ3n) is 4.10. The van der Waals surface area contributed by atoms with E-state index < -0.39 is 0 Å². The molecule has 1 aromatic rings. The van der Waals surface area contributed by atoms with Crippen molar-refractivity contribution in [1.29, 1.82) is 0 Å². The predicted molar refractivity (Wildman–Crippen MR) is 74.9 cm³/mol. The molecule has 3 heterocycles. The predicted octanol–water partition coefficient (Wildman–Crippen LogP) is 2.64. The summed E-state index contributed by atoms with van der Waals surface area (Å²) in [6.07, 6.45) is 11.2. The third-order valence-corrected chi connectivity index (χ3v) is 4.10. The maximum Gasteiger partial charge on any atom is 0.410 e. The number of nitrogens with zero attached hydrogens (tertiary/aromatic N) is 3. The van der Waals surface area contributed by atoms with Gasteiger partial charge in [0.15, 0.2) is 0 Å². The van der Waals surface area contributed by atoms with Gasteiger partial charge in [0.05, 0.1) is 12.6 Å². The van der Waals surface area contributed by atoms with Crippen molar-refractivity contribution in [3.63, 3.8) is 0 Å². The summed E-state index contributed by atoms with van der Waals surface area (Å²) in [6, 6.07) is 0.407. The van der Waals surface area contributed by atoms with E-state index in [1.165, 1.54) is 11.9 Å². The number of amides is 1. The number of carbonyl (C=O) groups excluding carboxylic acids is 1. The number of hydrogen-bond donors (Lipinski definition) is 0. The van der Waals surface area contributed by atoms with Crippen molar-refractivity contribution in [3.8, 4) is 0 Å². The molecule has 0 saturated carbocycles. The van der Waals surface area contributed by atoms with Gasteiger partial charge in [0, 0.05) is 24.0 Å². The number of carbonyl (C=O) groups is 1. The molecule has 1 aromatic heterocycles. The summed E-state index contributed by atoms with van der Waals surface area (Å²) in [5, 5.41) is 0. The number of hydrogen-bond acceptors (Lipinski definition) is 4. The molecule has 106 valence electrons. The van der Waals surface area contributed by atoms with Gasteiger partial charge >= 0.3 is 6.09 Å². The summed E-state index contributed by atoms with van der Waals surface area (Å²) in [7, 11) is 0. The van der Waals surface area contributed by atoms with E-state index in [4.69, 9.17) is 4.74 Å². The summed E-state index contributed by atoms with van der Waals surface area (Å²) < 4.78 is 5.23. The lowest BCUT2D eigenvalue weighted by atomic mass is 9.96. The first-order valence-electron chi connectivity index (χ1n) is 7.21. The van der Waals surface area contributed by atoms with Crippen LogP contribution in [0.3, 0.4) is 0 Å². The van der Waals surface area contributed by atoms with Crippen LogP contribution in [0.15, 0.2) is 24.8 Å². The SMILES string of the molecule is CCOC(=O)N1[C@@H]2CCC=C(c3cncnc3)[C@H]1CC2. The van der Waals surface area contributed by atoms with Crippen LogP contribution in [0.4, 0.5) is 4.79 Å². The van der Waals surface area contributed by atoms with Gasteiger partial charge in [-0.25, -0.2) is 14.8 Å². The molecule has 2 aliphatic heterocycles. The van der Waals surface area contributed by atoms with Crippen molar-refractivity contribution in [3.05, 3.63) is 30.4 Å². The van der Waals surface area contributed by atoms with Gasteiger partial charge in [0.2, 0.25) is 0 Å². The van der Waals surface area contributed by atoms with Gasteiger partial charge < -0.3 is 4.74 Å². The summed E-state index contributed by atoms with van der Waals surface area (Å²) in [5.74, 6) is 0. The first-order valence-corrected chi connectivity index (χ1v) is 7.21. The van der Waals surface area contributed by atoms with Crippen LogP contribution in [0.5, 0.6) is 0 Å². The van der Waals surface area contributed by atoms with Gasteiger partial charge in [-0.3, -0.25) is 4.90 Å². The van der Waals surface area contributed by atoms with Gasteiger partial charge in [-0.1, -0.05) is 6.08 Å². The van der Waals surface area contributed by atoms with Crippen LogP contribution < -0.4 is 0 Å². The number of fused-ring (bicyclic) bond motifs is 2. The summed E-state index contributed by atoms with van der Waals surface area (Å²) in [6.45, 7) is 2.27. The van der Waals surface area contributed by atoms with Crippen molar-refractivity contribution in [1.82, 2.24) is 14.9 Å².